The van der Waals surface area contributed by atoms with Gasteiger partial charge in [-0.2, -0.15) is 5.26 Å². The van der Waals surface area contributed by atoms with E-state index >= 15 is 0 Å². The monoisotopic (exact) mass is 381 g/mol. The van der Waals surface area contributed by atoms with Crippen LogP contribution in [-0.4, -0.2) is 30.6 Å². The van der Waals surface area contributed by atoms with Gasteiger partial charge in [-0.25, -0.2) is 4.79 Å². The summed E-state index contributed by atoms with van der Waals surface area (Å²) in [6, 6.07) is 5.45. The third-order valence-electron chi connectivity index (χ3n) is 3.63. The first-order valence-corrected chi connectivity index (χ1v) is 8.98. The molecule has 124 valence electrons. The van der Waals surface area contributed by atoms with Gasteiger partial charge in [0.1, 0.15) is 11.1 Å². The summed E-state index contributed by atoms with van der Waals surface area (Å²) in [5.74, 6) is -0.299. The molecule has 1 N–H and O–H groups in total. The Balaban J connectivity index is 1.85. The molecular weight excluding hydrogens is 370 g/mol. The third-order valence-corrected chi connectivity index (χ3v) is 5.99. The summed E-state index contributed by atoms with van der Waals surface area (Å²) in [7, 11) is 1.34. The van der Waals surface area contributed by atoms with E-state index in [2.05, 4.69) is 11.4 Å². The number of thiophene rings is 2. The van der Waals surface area contributed by atoms with E-state index in [-0.39, 0.29) is 5.91 Å². The molecule has 0 fully saturated rings. The van der Waals surface area contributed by atoms with Crippen molar-refractivity contribution >= 4 is 51.3 Å². The minimum Gasteiger partial charge on any atom is -0.453 e. The lowest BCUT2D eigenvalue weighted by Gasteiger charge is -2.25. The molecule has 0 aromatic carbocycles. The molecular formula is C15H12ClN3O3S2. The standard InChI is InChI=1S/C15H12ClN3O3S2/c1-22-15(21)19-5-4-8-9(6-17)14(24-11(8)7-19)18-13(20)10-2-3-12(16)23-10/h2-3H,4-5,7H2,1H3,(H,18,20). The second kappa shape index (κ2) is 6.81. The van der Waals surface area contributed by atoms with E-state index < -0.39 is 6.09 Å². The summed E-state index contributed by atoms with van der Waals surface area (Å²) in [5.41, 5.74) is 1.36. The quantitative estimate of drug-likeness (QED) is 0.859. The highest BCUT2D eigenvalue weighted by molar-refractivity contribution is 7.18. The van der Waals surface area contributed by atoms with Crippen molar-refractivity contribution in [3.8, 4) is 6.07 Å². The van der Waals surface area contributed by atoms with Gasteiger partial charge >= 0.3 is 6.09 Å². The molecule has 1 aliphatic rings. The number of hydrogen-bond donors (Lipinski definition) is 1. The zero-order chi connectivity index (χ0) is 17.3. The van der Waals surface area contributed by atoms with Gasteiger partial charge in [0, 0.05) is 11.4 Å². The third kappa shape index (κ3) is 3.11. The number of halogens is 1. The van der Waals surface area contributed by atoms with Crippen molar-refractivity contribution in [1.29, 1.82) is 5.26 Å². The first kappa shape index (κ1) is 16.8. The van der Waals surface area contributed by atoms with Crippen molar-refractivity contribution in [2.75, 3.05) is 19.0 Å². The molecule has 0 saturated heterocycles. The van der Waals surface area contributed by atoms with Gasteiger partial charge in [0.05, 0.1) is 28.4 Å². The number of anilines is 1. The smallest absolute Gasteiger partial charge is 0.409 e. The van der Waals surface area contributed by atoms with E-state index in [1.54, 1.807) is 17.0 Å². The van der Waals surface area contributed by atoms with Gasteiger partial charge in [-0.05, 0) is 24.1 Å². The number of nitrogens with one attached hydrogen (secondary N) is 1. The number of nitrogens with zero attached hydrogens (tertiary/aromatic N) is 2. The molecule has 6 nitrogen and oxygen atoms in total. The molecule has 0 atom stereocenters. The number of rotatable bonds is 2. The second-order valence-corrected chi connectivity index (χ2v) is 7.84. The Bertz CT molecular complexity index is 853. The second-order valence-electron chi connectivity index (χ2n) is 5.02. The topological polar surface area (TPSA) is 82.4 Å². The fourth-order valence-electron chi connectivity index (χ4n) is 2.50. The minimum atomic E-state index is -0.397. The molecule has 3 rings (SSSR count). The van der Waals surface area contributed by atoms with E-state index in [9.17, 15) is 14.9 Å². The first-order valence-electron chi connectivity index (χ1n) is 6.97. The number of hydrogen-bond acceptors (Lipinski definition) is 6. The summed E-state index contributed by atoms with van der Waals surface area (Å²) < 4.78 is 5.27. The molecule has 0 radical (unpaired) electrons. The number of methoxy groups -OCH3 is 1. The molecule has 0 unspecified atom stereocenters. The zero-order valence-electron chi connectivity index (χ0n) is 12.6. The molecule has 0 saturated carbocycles. The number of ether oxygens (including phenoxy) is 1. The van der Waals surface area contributed by atoms with Crippen LogP contribution >= 0.6 is 34.3 Å². The SMILES string of the molecule is COC(=O)N1CCc2c(sc(NC(=O)c3ccc(Cl)s3)c2C#N)C1. The molecule has 24 heavy (non-hydrogen) atoms. The van der Waals surface area contributed by atoms with E-state index in [0.717, 1.165) is 10.4 Å². The van der Waals surface area contributed by atoms with E-state index in [1.807, 2.05) is 0 Å². The van der Waals surface area contributed by atoms with Crippen LogP contribution in [0.3, 0.4) is 0 Å². The van der Waals surface area contributed by atoms with Crippen LogP contribution in [0.15, 0.2) is 12.1 Å². The lowest BCUT2D eigenvalue weighted by atomic mass is 10.0. The Hall–Kier alpha value is -2.08. The minimum absolute atomic E-state index is 0.299. The maximum absolute atomic E-state index is 12.3. The lowest BCUT2D eigenvalue weighted by molar-refractivity contribution is 0.103. The fourth-order valence-corrected chi connectivity index (χ4v) is 4.64. The number of nitriles is 1. The van der Waals surface area contributed by atoms with Crippen LogP contribution in [0.1, 0.15) is 25.7 Å². The molecule has 2 amide bonds. The molecule has 3 heterocycles. The zero-order valence-corrected chi connectivity index (χ0v) is 15.0. The Morgan fingerprint density at radius 3 is 2.83 bits per heavy atom. The largest absolute Gasteiger partial charge is 0.453 e. The van der Waals surface area contributed by atoms with Crippen LogP contribution in [-0.2, 0) is 17.7 Å². The van der Waals surface area contributed by atoms with Crippen LogP contribution in [0.25, 0.3) is 0 Å². The maximum atomic E-state index is 12.3. The molecule has 2 aromatic rings. The highest BCUT2D eigenvalue weighted by Crippen LogP contribution is 2.37. The molecule has 9 heteroatoms. The van der Waals surface area contributed by atoms with E-state index in [1.165, 1.54) is 29.8 Å². The number of carbonyl (C=O) groups excluding carboxylic acids is 2. The van der Waals surface area contributed by atoms with Gasteiger partial charge in [-0.15, -0.1) is 22.7 Å². The number of fused-ring (bicyclic) bond motifs is 1. The van der Waals surface area contributed by atoms with Gasteiger partial charge in [0.2, 0.25) is 0 Å². The van der Waals surface area contributed by atoms with Crippen molar-refractivity contribution in [2.24, 2.45) is 0 Å². The molecule has 0 spiro atoms. The van der Waals surface area contributed by atoms with Crippen molar-refractivity contribution in [1.82, 2.24) is 4.90 Å². The van der Waals surface area contributed by atoms with E-state index in [4.69, 9.17) is 16.3 Å². The number of amides is 2. The van der Waals surface area contributed by atoms with Crippen LogP contribution in [0.5, 0.6) is 0 Å². The molecule has 1 aliphatic heterocycles. The van der Waals surface area contributed by atoms with Gasteiger partial charge in [0.15, 0.2) is 0 Å². The summed E-state index contributed by atoms with van der Waals surface area (Å²) in [6.07, 6.45) is 0.163. The van der Waals surface area contributed by atoms with Crippen molar-refractivity contribution in [3.05, 3.63) is 37.4 Å². The summed E-state index contributed by atoms with van der Waals surface area (Å²) in [5, 5.41) is 12.7. The Kier molecular flexibility index (Phi) is 4.76. The average molecular weight is 382 g/mol. The average Bonchev–Trinajstić information content (AvgIpc) is 3.16. The highest BCUT2D eigenvalue weighted by Gasteiger charge is 2.28. The number of carbonyl (C=O) groups is 2. The molecule has 0 bridgehead atoms. The van der Waals surface area contributed by atoms with E-state index in [0.29, 0.717) is 39.3 Å². The Morgan fingerprint density at radius 1 is 1.42 bits per heavy atom. The normalized spacial score (nSPS) is 13.1. The summed E-state index contributed by atoms with van der Waals surface area (Å²) >= 11 is 8.34. The molecule has 2 aromatic heterocycles. The van der Waals surface area contributed by atoms with Crippen LogP contribution in [0.2, 0.25) is 4.34 Å². The summed E-state index contributed by atoms with van der Waals surface area (Å²) in [4.78, 5) is 26.9. The molecule has 0 aliphatic carbocycles. The first-order chi connectivity index (χ1) is 11.5. The van der Waals surface area contributed by atoms with Crippen molar-refractivity contribution in [2.45, 2.75) is 13.0 Å². The van der Waals surface area contributed by atoms with Crippen LogP contribution in [0.4, 0.5) is 9.80 Å². The van der Waals surface area contributed by atoms with Gasteiger partial charge in [0.25, 0.3) is 5.91 Å². The highest BCUT2D eigenvalue weighted by atomic mass is 35.5. The fraction of sp³-hybridized carbons (Fsp3) is 0.267. The lowest BCUT2D eigenvalue weighted by Crippen LogP contribution is -2.35. The van der Waals surface area contributed by atoms with Gasteiger partial charge in [-0.3, -0.25) is 4.79 Å². The predicted molar refractivity (Wildman–Crippen MR) is 92.8 cm³/mol. The predicted octanol–water partition coefficient (Wildman–Crippen LogP) is 3.71. The van der Waals surface area contributed by atoms with Crippen molar-refractivity contribution < 1.29 is 14.3 Å². The Morgan fingerprint density at radius 2 is 2.21 bits per heavy atom. The Labute approximate surface area is 151 Å². The van der Waals surface area contributed by atoms with Gasteiger partial charge in [-0.1, -0.05) is 11.6 Å². The van der Waals surface area contributed by atoms with Crippen LogP contribution < -0.4 is 5.32 Å². The maximum Gasteiger partial charge on any atom is 0.409 e. The van der Waals surface area contributed by atoms with Crippen molar-refractivity contribution in [3.63, 3.8) is 0 Å². The van der Waals surface area contributed by atoms with Gasteiger partial charge < -0.3 is 15.0 Å². The van der Waals surface area contributed by atoms with Crippen LogP contribution in [0, 0.1) is 11.3 Å². The summed E-state index contributed by atoms with van der Waals surface area (Å²) in [6.45, 7) is 0.862.